The van der Waals surface area contributed by atoms with E-state index in [2.05, 4.69) is 20.1 Å². The number of benzene rings is 1. The zero-order valence-electron chi connectivity index (χ0n) is 20.1. The number of H-pyrrole nitrogens is 1. The second-order valence-corrected chi connectivity index (χ2v) is 9.64. The highest BCUT2D eigenvalue weighted by Crippen LogP contribution is 2.33. The summed E-state index contributed by atoms with van der Waals surface area (Å²) in [6.07, 6.45) is 3.28. The monoisotopic (exact) mass is 502 g/mol. The Hall–Kier alpha value is -2.40. The molecule has 4 heterocycles. The molecule has 2 aromatic rings. The Balaban J connectivity index is 1.30. The summed E-state index contributed by atoms with van der Waals surface area (Å²) in [7, 11) is 0. The second kappa shape index (κ2) is 11.6. The van der Waals surface area contributed by atoms with Crippen LogP contribution in [-0.4, -0.2) is 91.8 Å². The molecule has 1 unspecified atom stereocenters. The van der Waals surface area contributed by atoms with Crippen LogP contribution >= 0.6 is 12.2 Å². The lowest BCUT2D eigenvalue weighted by Crippen LogP contribution is -2.44. The van der Waals surface area contributed by atoms with Crippen molar-refractivity contribution in [3.63, 3.8) is 0 Å². The van der Waals surface area contributed by atoms with Crippen molar-refractivity contribution in [2.24, 2.45) is 0 Å². The lowest BCUT2D eigenvalue weighted by molar-refractivity contribution is 0.0367. The normalized spacial score (nSPS) is 20.2. The van der Waals surface area contributed by atoms with Gasteiger partial charge in [0.2, 0.25) is 0 Å². The van der Waals surface area contributed by atoms with Crippen molar-refractivity contribution in [1.29, 1.82) is 0 Å². The fraction of sp³-hybridized carbons (Fsp3) is 0.600. The summed E-state index contributed by atoms with van der Waals surface area (Å²) in [6, 6.07) is 5.70. The largest absolute Gasteiger partial charge is 0.486 e. The van der Waals surface area contributed by atoms with E-state index < -0.39 is 0 Å². The van der Waals surface area contributed by atoms with Gasteiger partial charge in [0.15, 0.2) is 16.6 Å². The first-order valence-electron chi connectivity index (χ1n) is 12.6. The number of aromatic nitrogens is 1. The van der Waals surface area contributed by atoms with E-state index in [4.69, 9.17) is 31.2 Å². The zero-order chi connectivity index (χ0) is 24.0. The summed E-state index contributed by atoms with van der Waals surface area (Å²) in [5, 5.41) is 4.95. The Labute approximate surface area is 210 Å². The molecule has 0 amide bonds. The minimum atomic E-state index is -0.116. The van der Waals surface area contributed by atoms with Crippen molar-refractivity contribution in [2.75, 3.05) is 65.8 Å². The van der Waals surface area contributed by atoms with Crippen LogP contribution in [0.4, 0.5) is 0 Å². The van der Waals surface area contributed by atoms with Crippen LogP contribution in [0.1, 0.15) is 24.8 Å². The van der Waals surface area contributed by atoms with Gasteiger partial charge in [-0.3, -0.25) is 9.69 Å². The number of pyridine rings is 1. The van der Waals surface area contributed by atoms with Crippen molar-refractivity contribution < 1.29 is 18.9 Å². The number of morpholine rings is 1. The van der Waals surface area contributed by atoms with Gasteiger partial charge in [-0.05, 0) is 43.6 Å². The van der Waals surface area contributed by atoms with Crippen LogP contribution in [0.2, 0.25) is 0 Å². The molecule has 3 aliphatic rings. The fourth-order valence-electron chi connectivity index (χ4n) is 4.79. The molecule has 3 aliphatic heterocycles. The number of aromatic amines is 1. The van der Waals surface area contributed by atoms with Crippen LogP contribution in [0.3, 0.4) is 0 Å². The van der Waals surface area contributed by atoms with Gasteiger partial charge < -0.3 is 34.1 Å². The predicted molar refractivity (Wildman–Crippen MR) is 137 cm³/mol. The highest BCUT2D eigenvalue weighted by molar-refractivity contribution is 7.80. The number of nitrogens with zero attached hydrogens (tertiary/aromatic N) is 2. The van der Waals surface area contributed by atoms with Gasteiger partial charge >= 0.3 is 0 Å². The van der Waals surface area contributed by atoms with Crippen LogP contribution in [0, 0.1) is 0 Å². The molecule has 0 radical (unpaired) electrons. The van der Waals surface area contributed by atoms with Crippen molar-refractivity contribution in [2.45, 2.75) is 31.9 Å². The van der Waals surface area contributed by atoms with E-state index in [1.165, 1.54) is 0 Å². The average molecular weight is 503 g/mol. The minimum absolute atomic E-state index is 0.116. The van der Waals surface area contributed by atoms with Crippen molar-refractivity contribution in [1.82, 2.24) is 20.1 Å². The molecule has 1 aromatic carbocycles. The standard InChI is InChI=1S/C25H34N4O5S/c30-24-19(13-18-14-22-23(15-21(18)27-24)34-12-11-33-22)17-29(5-2-4-28-6-9-31-10-7-28)25(35)26-16-20-3-1-8-32-20/h13-15,20H,1-12,16-17H2,(H,26,35)(H,27,30). The summed E-state index contributed by atoms with van der Waals surface area (Å²) in [4.78, 5) is 20.5. The molecule has 0 aliphatic carbocycles. The molecule has 1 aromatic heterocycles. The third-order valence-electron chi connectivity index (χ3n) is 6.74. The maximum atomic E-state index is 13.0. The highest BCUT2D eigenvalue weighted by Gasteiger charge is 2.20. The molecule has 2 saturated heterocycles. The second-order valence-electron chi connectivity index (χ2n) is 9.26. The van der Waals surface area contributed by atoms with Gasteiger partial charge in [0.25, 0.3) is 5.56 Å². The number of ether oxygens (including phenoxy) is 4. The first-order valence-corrected chi connectivity index (χ1v) is 13.0. The smallest absolute Gasteiger partial charge is 0.253 e. The number of fused-ring (bicyclic) bond motifs is 2. The molecular formula is C25H34N4O5S. The maximum Gasteiger partial charge on any atom is 0.253 e. The van der Waals surface area contributed by atoms with Gasteiger partial charge in [-0.15, -0.1) is 0 Å². The molecule has 10 heteroatoms. The van der Waals surface area contributed by atoms with Crippen LogP contribution in [0.25, 0.3) is 10.9 Å². The summed E-state index contributed by atoms with van der Waals surface area (Å²) in [6.45, 7) is 8.20. The summed E-state index contributed by atoms with van der Waals surface area (Å²) < 4.78 is 22.6. The van der Waals surface area contributed by atoms with Crippen LogP contribution in [0.5, 0.6) is 11.5 Å². The zero-order valence-corrected chi connectivity index (χ0v) is 20.9. The van der Waals surface area contributed by atoms with E-state index in [0.717, 1.165) is 76.2 Å². The Bertz CT molecular complexity index is 1080. The van der Waals surface area contributed by atoms with E-state index in [1.807, 2.05) is 18.2 Å². The Morgan fingerprint density at radius 3 is 2.69 bits per heavy atom. The first kappa shape index (κ1) is 24.3. The van der Waals surface area contributed by atoms with Gasteiger partial charge in [0.05, 0.1) is 31.4 Å². The van der Waals surface area contributed by atoms with Gasteiger partial charge in [-0.2, -0.15) is 0 Å². The van der Waals surface area contributed by atoms with Crippen LogP contribution < -0.4 is 20.3 Å². The lowest BCUT2D eigenvalue weighted by Gasteiger charge is -2.30. The topological polar surface area (TPSA) is 88.3 Å². The van der Waals surface area contributed by atoms with Crippen molar-refractivity contribution >= 4 is 28.2 Å². The molecule has 1 atom stereocenters. The van der Waals surface area contributed by atoms with Gasteiger partial charge in [0.1, 0.15) is 13.2 Å². The molecule has 5 rings (SSSR count). The Morgan fingerprint density at radius 2 is 1.91 bits per heavy atom. The molecule has 35 heavy (non-hydrogen) atoms. The molecule has 9 nitrogen and oxygen atoms in total. The first-order chi connectivity index (χ1) is 17.2. The van der Waals surface area contributed by atoms with E-state index >= 15 is 0 Å². The maximum absolute atomic E-state index is 13.0. The predicted octanol–water partition coefficient (Wildman–Crippen LogP) is 1.88. The van der Waals surface area contributed by atoms with Gasteiger partial charge in [-0.25, -0.2) is 0 Å². The Kier molecular flexibility index (Phi) is 8.02. The highest BCUT2D eigenvalue weighted by atomic mass is 32.1. The van der Waals surface area contributed by atoms with Gasteiger partial charge in [0, 0.05) is 56.3 Å². The number of thiocarbonyl (C=S) groups is 1. The number of rotatable bonds is 8. The molecule has 190 valence electrons. The van der Waals surface area contributed by atoms with E-state index in [0.29, 0.717) is 48.5 Å². The van der Waals surface area contributed by atoms with Crippen molar-refractivity contribution in [3.05, 3.63) is 34.1 Å². The Morgan fingerprint density at radius 1 is 1.11 bits per heavy atom. The fourth-order valence-corrected chi connectivity index (χ4v) is 5.03. The van der Waals surface area contributed by atoms with E-state index in [-0.39, 0.29) is 11.7 Å². The summed E-state index contributed by atoms with van der Waals surface area (Å²) >= 11 is 5.78. The summed E-state index contributed by atoms with van der Waals surface area (Å²) in [5.74, 6) is 1.37. The lowest BCUT2D eigenvalue weighted by atomic mass is 10.1. The molecule has 2 fully saturated rings. The molecule has 0 bridgehead atoms. The molecule has 0 spiro atoms. The molecular weight excluding hydrogens is 468 g/mol. The minimum Gasteiger partial charge on any atom is -0.486 e. The summed E-state index contributed by atoms with van der Waals surface area (Å²) in [5.41, 5.74) is 1.29. The molecule has 2 N–H and O–H groups in total. The number of hydrogen-bond acceptors (Lipinski definition) is 7. The third-order valence-corrected chi connectivity index (χ3v) is 7.15. The van der Waals surface area contributed by atoms with Crippen LogP contribution in [0.15, 0.2) is 23.0 Å². The average Bonchev–Trinajstić information content (AvgIpc) is 3.40. The van der Waals surface area contributed by atoms with E-state index in [1.54, 1.807) is 0 Å². The van der Waals surface area contributed by atoms with Gasteiger partial charge in [-0.1, -0.05) is 0 Å². The molecule has 0 saturated carbocycles. The number of hydrogen-bond donors (Lipinski definition) is 2. The third kappa shape index (κ3) is 6.24. The SMILES string of the molecule is O=c1[nH]c2cc3c(cc2cc1CN(CCCN1CCOCC1)C(=S)NCC1CCCO1)OCCO3. The van der Waals surface area contributed by atoms with E-state index in [9.17, 15) is 4.79 Å². The van der Waals surface area contributed by atoms with Crippen LogP contribution in [-0.2, 0) is 16.0 Å². The number of nitrogens with one attached hydrogen (secondary N) is 2. The van der Waals surface area contributed by atoms with Crippen molar-refractivity contribution in [3.8, 4) is 11.5 Å². The quantitative estimate of drug-likeness (QED) is 0.525.